The maximum Gasteiger partial charge on any atom is 0.281 e. The van der Waals surface area contributed by atoms with E-state index in [0.29, 0.717) is 22.2 Å². The van der Waals surface area contributed by atoms with E-state index < -0.39 is 0 Å². The summed E-state index contributed by atoms with van der Waals surface area (Å²) in [5.74, 6) is 1.37. The van der Waals surface area contributed by atoms with Crippen molar-refractivity contribution in [3.8, 4) is 0 Å². The van der Waals surface area contributed by atoms with Gasteiger partial charge in [-0.1, -0.05) is 32.1 Å². The van der Waals surface area contributed by atoms with Crippen LogP contribution in [0, 0.1) is 17.3 Å². The van der Waals surface area contributed by atoms with Gasteiger partial charge in [-0.05, 0) is 47.8 Å². The SMILES string of the molecule is CC1(C)C2CC=C(/C=N/n3cnc4ccccc4c3=O)C1C2. The summed E-state index contributed by atoms with van der Waals surface area (Å²) in [6, 6.07) is 7.35. The number of hydrogen-bond acceptors (Lipinski definition) is 3. The molecular weight excluding hydrogens is 274 g/mol. The third-order valence-corrected chi connectivity index (χ3v) is 5.49. The van der Waals surface area contributed by atoms with Crippen molar-refractivity contribution in [1.29, 1.82) is 0 Å². The highest BCUT2D eigenvalue weighted by Crippen LogP contribution is 2.58. The molecule has 0 spiro atoms. The van der Waals surface area contributed by atoms with Crippen LogP contribution in [-0.2, 0) is 0 Å². The molecule has 5 rings (SSSR count). The second-order valence-corrected chi connectivity index (χ2v) is 6.90. The number of nitrogens with zero attached hydrogens (tertiary/aromatic N) is 3. The summed E-state index contributed by atoms with van der Waals surface area (Å²) in [7, 11) is 0. The molecule has 112 valence electrons. The second kappa shape index (κ2) is 4.63. The fourth-order valence-corrected chi connectivity index (χ4v) is 3.82. The Morgan fingerprint density at radius 1 is 1.36 bits per heavy atom. The molecule has 1 aromatic carbocycles. The molecule has 22 heavy (non-hydrogen) atoms. The zero-order valence-electron chi connectivity index (χ0n) is 12.9. The van der Waals surface area contributed by atoms with Gasteiger partial charge < -0.3 is 0 Å². The Kier molecular flexibility index (Phi) is 2.83. The van der Waals surface area contributed by atoms with Crippen molar-refractivity contribution in [2.45, 2.75) is 26.7 Å². The van der Waals surface area contributed by atoms with Gasteiger partial charge in [0.25, 0.3) is 5.56 Å². The molecule has 1 heterocycles. The van der Waals surface area contributed by atoms with Crippen molar-refractivity contribution in [3.05, 3.63) is 52.6 Å². The Morgan fingerprint density at radius 3 is 2.95 bits per heavy atom. The van der Waals surface area contributed by atoms with Gasteiger partial charge in [0, 0.05) is 0 Å². The Morgan fingerprint density at radius 2 is 2.18 bits per heavy atom. The summed E-state index contributed by atoms with van der Waals surface area (Å²) in [5.41, 5.74) is 2.21. The molecule has 4 heteroatoms. The molecule has 2 unspecified atom stereocenters. The topological polar surface area (TPSA) is 47.2 Å². The van der Waals surface area contributed by atoms with E-state index in [4.69, 9.17) is 0 Å². The van der Waals surface area contributed by atoms with Crippen molar-refractivity contribution in [2.75, 3.05) is 0 Å². The van der Waals surface area contributed by atoms with Crippen molar-refractivity contribution >= 4 is 17.1 Å². The summed E-state index contributed by atoms with van der Waals surface area (Å²) < 4.78 is 1.33. The zero-order chi connectivity index (χ0) is 15.3. The smallest absolute Gasteiger partial charge is 0.267 e. The number of rotatable bonds is 2. The third kappa shape index (κ3) is 1.86. The Hall–Kier alpha value is -2.23. The molecule has 3 aliphatic rings. The van der Waals surface area contributed by atoms with Crippen LogP contribution in [0.5, 0.6) is 0 Å². The van der Waals surface area contributed by atoms with Crippen molar-refractivity contribution in [3.63, 3.8) is 0 Å². The summed E-state index contributed by atoms with van der Waals surface area (Å²) >= 11 is 0. The number of fused-ring (bicyclic) bond motifs is 2. The van der Waals surface area contributed by atoms with E-state index in [9.17, 15) is 4.79 Å². The molecule has 2 bridgehead atoms. The van der Waals surface area contributed by atoms with Crippen LogP contribution in [0.2, 0.25) is 0 Å². The third-order valence-electron chi connectivity index (χ3n) is 5.49. The highest BCUT2D eigenvalue weighted by Gasteiger charge is 2.50. The van der Waals surface area contributed by atoms with Gasteiger partial charge in [0.1, 0.15) is 6.33 Å². The first kappa shape index (κ1) is 13.4. The molecule has 0 saturated heterocycles. The Bertz CT molecular complexity index is 860. The molecular formula is C18H19N3O. The molecule has 0 aliphatic heterocycles. The number of benzene rings is 1. The van der Waals surface area contributed by atoms with E-state index in [-0.39, 0.29) is 5.56 Å². The predicted molar refractivity (Wildman–Crippen MR) is 88.0 cm³/mol. The van der Waals surface area contributed by atoms with E-state index >= 15 is 0 Å². The Balaban J connectivity index is 1.68. The Labute approximate surface area is 129 Å². The molecule has 0 radical (unpaired) electrons. The molecule has 1 saturated carbocycles. The first-order valence-corrected chi connectivity index (χ1v) is 7.78. The standard InChI is InChI=1S/C18H19N3O/c1-18(2)13-8-7-12(15(18)9-13)10-20-21-11-19-16-6-4-3-5-14(16)17(21)22/h3-7,10-11,13,15H,8-9H2,1-2H3/b20-10+. The highest BCUT2D eigenvalue weighted by atomic mass is 16.1. The van der Waals surface area contributed by atoms with Gasteiger partial charge in [0.05, 0.1) is 17.1 Å². The zero-order valence-corrected chi connectivity index (χ0v) is 12.9. The fourth-order valence-electron chi connectivity index (χ4n) is 3.82. The lowest BCUT2D eigenvalue weighted by molar-refractivity contribution is -0.00127. The maximum absolute atomic E-state index is 12.4. The van der Waals surface area contributed by atoms with E-state index in [1.807, 2.05) is 24.4 Å². The van der Waals surface area contributed by atoms with Crippen LogP contribution >= 0.6 is 0 Å². The molecule has 4 nitrogen and oxygen atoms in total. The molecule has 3 aliphatic carbocycles. The molecule has 1 aromatic heterocycles. The number of para-hydroxylation sites is 1. The first-order valence-electron chi connectivity index (χ1n) is 7.78. The average molecular weight is 293 g/mol. The van der Waals surface area contributed by atoms with Crippen LogP contribution in [0.4, 0.5) is 0 Å². The van der Waals surface area contributed by atoms with Crippen LogP contribution < -0.4 is 5.56 Å². The lowest BCUT2D eigenvalue weighted by atomic mass is 9.49. The van der Waals surface area contributed by atoms with Gasteiger partial charge in [-0.25, -0.2) is 4.98 Å². The summed E-state index contributed by atoms with van der Waals surface area (Å²) in [4.78, 5) is 16.7. The molecule has 2 atom stereocenters. The lowest BCUT2D eigenvalue weighted by Crippen LogP contribution is -2.48. The average Bonchev–Trinajstić information content (AvgIpc) is 2.54. The quantitative estimate of drug-likeness (QED) is 0.798. The van der Waals surface area contributed by atoms with E-state index in [0.717, 1.165) is 12.3 Å². The number of aromatic nitrogens is 2. The molecule has 2 aromatic rings. The predicted octanol–water partition coefficient (Wildman–Crippen LogP) is 3.22. The van der Waals surface area contributed by atoms with Crippen LogP contribution in [-0.4, -0.2) is 15.9 Å². The monoisotopic (exact) mass is 293 g/mol. The van der Waals surface area contributed by atoms with E-state index in [1.165, 1.54) is 23.0 Å². The molecule has 0 amide bonds. The highest BCUT2D eigenvalue weighted by molar-refractivity contribution is 5.81. The van der Waals surface area contributed by atoms with Gasteiger partial charge in [-0.2, -0.15) is 9.78 Å². The van der Waals surface area contributed by atoms with Crippen LogP contribution in [0.1, 0.15) is 26.7 Å². The van der Waals surface area contributed by atoms with Crippen LogP contribution in [0.3, 0.4) is 0 Å². The molecule has 0 N–H and O–H groups in total. The van der Waals surface area contributed by atoms with Gasteiger partial charge in [-0.15, -0.1) is 0 Å². The van der Waals surface area contributed by atoms with Crippen LogP contribution in [0.15, 0.2) is 52.1 Å². The van der Waals surface area contributed by atoms with Crippen molar-refractivity contribution < 1.29 is 0 Å². The maximum atomic E-state index is 12.4. The minimum Gasteiger partial charge on any atom is -0.267 e. The van der Waals surface area contributed by atoms with Gasteiger partial charge in [0.15, 0.2) is 0 Å². The summed E-state index contributed by atoms with van der Waals surface area (Å²) in [5, 5.41) is 4.97. The first-order chi connectivity index (χ1) is 10.6. The second-order valence-electron chi connectivity index (χ2n) is 6.90. The largest absolute Gasteiger partial charge is 0.281 e. The van der Waals surface area contributed by atoms with Crippen molar-refractivity contribution in [1.82, 2.24) is 9.66 Å². The fraction of sp³-hybridized carbons (Fsp3) is 0.389. The van der Waals surface area contributed by atoms with Gasteiger partial charge >= 0.3 is 0 Å². The number of allylic oxidation sites excluding steroid dienone is 2. The van der Waals surface area contributed by atoms with Crippen LogP contribution in [0.25, 0.3) is 10.9 Å². The number of hydrogen-bond donors (Lipinski definition) is 0. The normalized spacial score (nSPS) is 26.0. The minimum atomic E-state index is -0.121. The van der Waals surface area contributed by atoms with Crippen molar-refractivity contribution in [2.24, 2.45) is 22.4 Å². The minimum absolute atomic E-state index is 0.121. The van der Waals surface area contributed by atoms with E-state index in [1.54, 1.807) is 6.07 Å². The molecule has 1 fully saturated rings. The van der Waals surface area contributed by atoms with Gasteiger partial charge in [0.2, 0.25) is 0 Å². The lowest BCUT2D eigenvalue weighted by Gasteiger charge is -2.55. The summed E-state index contributed by atoms with van der Waals surface area (Å²) in [6.07, 6.45) is 7.98. The summed E-state index contributed by atoms with van der Waals surface area (Å²) in [6.45, 7) is 4.66. The van der Waals surface area contributed by atoms with Gasteiger partial charge in [-0.3, -0.25) is 4.79 Å². The van der Waals surface area contributed by atoms with E-state index in [2.05, 4.69) is 30.0 Å².